The van der Waals surface area contributed by atoms with Crippen LogP contribution in [0.4, 0.5) is 0 Å². The summed E-state index contributed by atoms with van der Waals surface area (Å²) in [5.41, 5.74) is 1.09. The van der Waals surface area contributed by atoms with E-state index in [4.69, 9.17) is 9.47 Å². The molecule has 1 aromatic carbocycles. The maximum absolute atomic E-state index is 12.1. The van der Waals surface area contributed by atoms with Gasteiger partial charge >= 0.3 is 0 Å². The second kappa shape index (κ2) is 13.2. The summed E-state index contributed by atoms with van der Waals surface area (Å²) in [7, 11) is 2.70. The first-order chi connectivity index (χ1) is 13.1. The summed E-state index contributed by atoms with van der Waals surface area (Å²) in [6.07, 6.45) is 4.21. The summed E-state index contributed by atoms with van der Waals surface area (Å²) < 4.78 is 23.1. The van der Waals surface area contributed by atoms with Crippen molar-refractivity contribution in [2.75, 3.05) is 26.5 Å². The molecule has 2 rings (SSSR count). The number of rotatable bonds is 8. The molecule has 0 bridgehead atoms. The Labute approximate surface area is 188 Å². The Morgan fingerprint density at radius 1 is 1.29 bits per heavy atom. The van der Waals surface area contributed by atoms with Crippen LogP contribution < -0.4 is 20.1 Å². The smallest absolute Gasteiger partial charge is 0.191 e. The van der Waals surface area contributed by atoms with Crippen LogP contribution in [0, 0.1) is 0 Å². The molecule has 0 aliphatic heterocycles. The predicted octanol–water partition coefficient (Wildman–Crippen LogP) is 3.46. The van der Waals surface area contributed by atoms with Crippen molar-refractivity contribution in [2.24, 2.45) is 4.99 Å². The van der Waals surface area contributed by atoms with Crippen LogP contribution in [0.25, 0.3) is 0 Å². The van der Waals surface area contributed by atoms with Crippen LogP contribution in [-0.4, -0.2) is 48.0 Å². The van der Waals surface area contributed by atoms with Gasteiger partial charge in [0.2, 0.25) is 0 Å². The highest BCUT2D eigenvalue weighted by Crippen LogP contribution is 2.28. The second-order valence-electron chi connectivity index (χ2n) is 6.64. The number of nitrogens with zero attached hydrogens (tertiary/aromatic N) is 1. The van der Waals surface area contributed by atoms with E-state index in [1.54, 1.807) is 14.2 Å². The summed E-state index contributed by atoms with van der Waals surface area (Å²) in [6.45, 7) is 5.19. The van der Waals surface area contributed by atoms with Crippen molar-refractivity contribution in [1.29, 1.82) is 0 Å². The van der Waals surface area contributed by atoms with Gasteiger partial charge in [-0.25, -0.2) is 0 Å². The van der Waals surface area contributed by atoms with Crippen molar-refractivity contribution in [3.8, 4) is 11.5 Å². The van der Waals surface area contributed by atoms with Crippen molar-refractivity contribution in [3.63, 3.8) is 0 Å². The Kier molecular flexibility index (Phi) is 11.8. The van der Waals surface area contributed by atoms with E-state index in [0.29, 0.717) is 24.4 Å². The van der Waals surface area contributed by atoms with Crippen molar-refractivity contribution in [2.45, 2.75) is 57.4 Å². The van der Waals surface area contributed by atoms with Crippen LogP contribution in [-0.2, 0) is 17.3 Å². The summed E-state index contributed by atoms with van der Waals surface area (Å²) in [5, 5.41) is 7.16. The van der Waals surface area contributed by atoms with Gasteiger partial charge in [-0.1, -0.05) is 19.4 Å². The number of benzene rings is 1. The van der Waals surface area contributed by atoms with E-state index in [1.807, 2.05) is 32.0 Å². The fourth-order valence-corrected chi connectivity index (χ4v) is 4.77. The van der Waals surface area contributed by atoms with Gasteiger partial charge in [0.25, 0.3) is 0 Å². The van der Waals surface area contributed by atoms with Crippen LogP contribution >= 0.6 is 24.0 Å². The van der Waals surface area contributed by atoms with E-state index in [9.17, 15) is 4.21 Å². The molecule has 1 aliphatic rings. The molecule has 160 valence electrons. The lowest BCUT2D eigenvalue weighted by atomic mass is 9.95. The van der Waals surface area contributed by atoms with E-state index in [1.165, 1.54) is 0 Å². The fraction of sp³-hybridized carbons (Fsp3) is 0.650. The molecule has 1 saturated carbocycles. The first-order valence-corrected chi connectivity index (χ1v) is 11.1. The standard InChI is InChI=1S/C20H33N3O3S.HI/c1-5-26-19-12-15(10-11-18(19)25-4)14-22-20(21-3)23-16-8-7-9-17(13-16)27(24)6-2;/h10-12,16-17H,5-9,13-14H2,1-4H3,(H2,21,22,23);1H. The third kappa shape index (κ3) is 7.42. The van der Waals surface area contributed by atoms with Crippen LogP contribution in [0.1, 0.15) is 45.1 Å². The molecular weight excluding hydrogens is 489 g/mol. The van der Waals surface area contributed by atoms with Crippen LogP contribution in [0.5, 0.6) is 11.5 Å². The van der Waals surface area contributed by atoms with E-state index < -0.39 is 10.8 Å². The third-order valence-corrected chi connectivity index (χ3v) is 6.58. The lowest BCUT2D eigenvalue weighted by molar-refractivity contribution is 0.310. The molecule has 1 aromatic rings. The minimum Gasteiger partial charge on any atom is -0.493 e. The molecule has 0 aromatic heterocycles. The van der Waals surface area contributed by atoms with Gasteiger partial charge in [0.15, 0.2) is 17.5 Å². The molecule has 1 fully saturated rings. The Bertz CT molecular complexity index is 658. The number of methoxy groups -OCH3 is 1. The Hall–Kier alpha value is -1.03. The van der Waals surface area contributed by atoms with E-state index in [-0.39, 0.29) is 24.0 Å². The Morgan fingerprint density at radius 2 is 2.07 bits per heavy atom. The Morgan fingerprint density at radius 3 is 2.71 bits per heavy atom. The van der Waals surface area contributed by atoms with Crippen molar-refractivity contribution >= 4 is 40.7 Å². The van der Waals surface area contributed by atoms with Crippen LogP contribution in [0.2, 0.25) is 0 Å². The molecule has 28 heavy (non-hydrogen) atoms. The SMILES string of the molecule is CCOc1cc(CNC(=NC)NC2CCCC(S(=O)CC)C2)ccc1OC.I. The van der Waals surface area contributed by atoms with Crippen LogP contribution in [0.15, 0.2) is 23.2 Å². The normalized spacial score (nSPS) is 20.6. The van der Waals surface area contributed by atoms with Crippen LogP contribution in [0.3, 0.4) is 0 Å². The zero-order valence-electron chi connectivity index (χ0n) is 17.3. The average molecular weight is 523 g/mol. The van der Waals surface area contributed by atoms with E-state index >= 15 is 0 Å². The molecule has 0 saturated heterocycles. The van der Waals surface area contributed by atoms with Gasteiger partial charge in [0.1, 0.15) is 0 Å². The molecule has 6 nitrogen and oxygen atoms in total. The number of ether oxygens (including phenoxy) is 2. The zero-order chi connectivity index (χ0) is 19.6. The molecular formula is C20H34IN3O3S. The summed E-state index contributed by atoms with van der Waals surface area (Å²) >= 11 is 0. The van der Waals surface area contributed by atoms with Gasteiger partial charge in [-0.3, -0.25) is 9.20 Å². The summed E-state index contributed by atoms with van der Waals surface area (Å²) in [4.78, 5) is 4.34. The number of hydrogen-bond donors (Lipinski definition) is 2. The fourth-order valence-electron chi connectivity index (χ4n) is 3.42. The molecule has 0 radical (unpaired) electrons. The summed E-state index contributed by atoms with van der Waals surface area (Å²) in [5.74, 6) is 3.00. The van der Waals surface area contributed by atoms with Gasteiger partial charge < -0.3 is 20.1 Å². The number of guanidine groups is 1. The Balaban J connectivity index is 0.00000392. The predicted molar refractivity (Wildman–Crippen MR) is 128 cm³/mol. The van der Waals surface area contributed by atoms with Crippen molar-refractivity contribution in [3.05, 3.63) is 23.8 Å². The molecule has 8 heteroatoms. The van der Waals surface area contributed by atoms with Gasteiger partial charge in [-0.2, -0.15) is 0 Å². The number of hydrogen-bond acceptors (Lipinski definition) is 4. The minimum atomic E-state index is -0.718. The largest absolute Gasteiger partial charge is 0.493 e. The first-order valence-electron chi connectivity index (χ1n) is 9.75. The maximum Gasteiger partial charge on any atom is 0.191 e. The zero-order valence-corrected chi connectivity index (χ0v) is 20.5. The second-order valence-corrected chi connectivity index (χ2v) is 8.65. The highest BCUT2D eigenvalue weighted by Gasteiger charge is 2.26. The number of nitrogens with one attached hydrogen (secondary N) is 2. The highest BCUT2D eigenvalue weighted by molar-refractivity contribution is 14.0. The van der Waals surface area contributed by atoms with E-state index in [0.717, 1.165) is 54.5 Å². The molecule has 3 unspecified atom stereocenters. The lowest BCUT2D eigenvalue weighted by Crippen LogP contribution is -2.46. The third-order valence-electron chi connectivity index (χ3n) is 4.83. The van der Waals surface area contributed by atoms with Crippen molar-refractivity contribution < 1.29 is 13.7 Å². The molecule has 3 atom stereocenters. The molecule has 2 N–H and O–H groups in total. The monoisotopic (exact) mass is 523 g/mol. The average Bonchev–Trinajstić information content (AvgIpc) is 2.71. The number of aliphatic imine (C=N–C) groups is 1. The van der Waals surface area contributed by atoms with Crippen molar-refractivity contribution in [1.82, 2.24) is 10.6 Å². The quantitative estimate of drug-likeness (QED) is 0.310. The van der Waals surface area contributed by atoms with Gasteiger partial charge in [-0.15, -0.1) is 24.0 Å². The minimum absolute atomic E-state index is 0. The van der Waals surface area contributed by atoms with Gasteiger partial charge in [0, 0.05) is 41.4 Å². The van der Waals surface area contributed by atoms with Gasteiger partial charge in [-0.05, 0) is 43.9 Å². The highest BCUT2D eigenvalue weighted by atomic mass is 127. The summed E-state index contributed by atoms with van der Waals surface area (Å²) in [6, 6.07) is 6.25. The number of halogens is 1. The van der Waals surface area contributed by atoms with E-state index in [2.05, 4.69) is 15.6 Å². The molecule has 1 aliphatic carbocycles. The van der Waals surface area contributed by atoms with Gasteiger partial charge in [0.05, 0.1) is 13.7 Å². The molecule has 0 amide bonds. The topological polar surface area (TPSA) is 72.0 Å². The first kappa shape index (κ1) is 25.0. The maximum atomic E-state index is 12.1. The lowest BCUT2D eigenvalue weighted by Gasteiger charge is -2.30. The molecule has 0 spiro atoms. The molecule has 0 heterocycles.